The number of hydrogen-bond acceptors (Lipinski definition) is 1. The maximum Gasteiger partial charge on any atom is 0.391 e. The third kappa shape index (κ3) is 4.13. The smallest absolute Gasteiger partial charge is 0.310 e. The Kier molecular flexibility index (Phi) is 4.97. The third-order valence-electron chi connectivity index (χ3n) is 4.08. The number of hydrogen-bond donors (Lipinski definition) is 1. The molecule has 0 heterocycles. The molecule has 112 valence electrons. The Morgan fingerprint density at radius 1 is 1.20 bits per heavy atom. The van der Waals surface area contributed by atoms with Crippen molar-refractivity contribution in [3.05, 3.63) is 34.3 Å². The summed E-state index contributed by atoms with van der Waals surface area (Å²) >= 11 is 5.90. The molecule has 0 atom stereocenters. The fourth-order valence-electron chi connectivity index (χ4n) is 2.74. The normalized spacial score (nSPS) is 23.9. The Hall–Kier alpha value is -0.740. The predicted molar refractivity (Wildman–Crippen MR) is 74.8 cm³/mol. The summed E-state index contributed by atoms with van der Waals surface area (Å²) in [5.74, 6) is -1.11. The molecule has 0 aromatic heterocycles. The molecule has 1 aromatic carbocycles. The lowest BCUT2D eigenvalue weighted by molar-refractivity contribution is -0.182. The predicted octanol–water partition coefficient (Wildman–Crippen LogP) is 4.86. The van der Waals surface area contributed by atoms with Gasteiger partial charge in [-0.05, 0) is 55.9 Å². The maximum absolute atomic E-state index is 12.6. The van der Waals surface area contributed by atoms with Crippen LogP contribution < -0.4 is 5.32 Å². The van der Waals surface area contributed by atoms with Crippen LogP contribution >= 0.6 is 11.6 Å². The van der Waals surface area contributed by atoms with Crippen LogP contribution in [0.15, 0.2) is 18.2 Å². The standard InChI is InChI=1S/C15H19ClF3N/c1-10-8-13(16)5-2-11(10)9-20-14-6-3-12(4-7-14)15(17,18)19/h2,5,8,12,14,20H,3-4,6-7,9H2,1H3. The van der Waals surface area contributed by atoms with E-state index in [1.165, 1.54) is 0 Å². The molecule has 0 bridgehead atoms. The van der Waals surface area contributed by atoms with E-state index in [1.54, 1.807) is 0 Å². The van der Waals surface area contributed by atoms with E-state index in [-0.39, 0.29) is 18.9 Å². The molecule has 1 nitrogen and oxygen atoms in total. The number of rotatable bonds is 3. The van der Waals surface area contributed by atoms with Crippen LogP contribution in [0, 0.1) is 12.8 Å². The number of nitrogens with one attached hydrogen (secondary N) is 1. The van der Waals surface area contributed by atoms with E-state index in [2.05, 4.69) is 5.32 Å². The molecule has 1 aliphatic carbocycles. The minimum absolute atomic E-state index is 0.184. The molecule has 0 amide bonds. The van der Waals surface area contributed by atoms with Crippen LogP contribution in [0.1, 0.15) is 36.8 Å². The van der Waals surface area contributed by atoms with Crippen molar-refractivity contribution in [1.82, 2.24) is 5.32 Å². The van der Waals surface area contributed by atoms with Gasteiger partial charge in [0.1, 0.15) is 0 Å². The van der Waals surface area contributed by atoms with Crippen molar-refractivity contribution in [3.8, 4) is 0 Å². The highest BCUT2D eigenvalue weighted by Gasteiger charge is 2.41. The lowest BCUT2D eigenvalue weighted by atomic mass is 9.85. The molecule has 1 fully saturated rings. The minimum Gasteiger partial charge on any atom is -0.310 e. The molecule has 0 aliphatic heterocycles. The Morgan fingerprint density at radius 3 is 2.40 bits per heavy atom. The second-order valence-electron chi connectivity index (χ2n) is 5.54. The van der Waals surface area contributed by atoms with E-state index < -0.39 is 12.1 Å². The first-order valence-corrected chi connectivity index (χ1v) is 7.29. The quantitative estimate of drug-likeness (QED) is 0.841. The lowest BCUT2D eigenvalue weighted by Gasteiger charge is -2.30. The van der Waals surface area contributed by atoms with Crippen molar-refractivity contribution < 1.29 is 13.2 Å². The zero-order chi connectivity index (χ0) is 14.8. The Labute approximate surface area is 122 Å². The van der Waals surface area contributed by atoms with Gasteiger partial charge in [0.25, 0.3) is 0 Å². The molecule has 5 heteroatoms. The molecule has 1 N–H and O–H groups in total. The summed E-state index contributed by atoms with van der Waals surface area (Å²) in [5.41, 5.74) is 2.25. The van der Waals surface area contributed by atoms with Crippen LogP contribution in [0.25, 0.3) is 0 Å². The molecular weight excluding hydrogens is 287 g/mol. The van der Waals surface area contributed by atoms with Gasteiger partial charge >= 0.3 is 6.18 Å². The summed E-state index contributed by atoms with van der Waals surface area (Å²) in [6.45, 7) is 2.67. The first kappa shape index (κ1) is 15.6. The number of aryl methyl sites for hydroxylation is 1. The molecule has 1 saturated carbocycles. The van der Waals surface area contributed by atoms with E-state index in [9.17, 15) is 13.2 Å². The number of alkyl halides is 3. The van der Waals surface area contributed by atoms with Gasteiger partial charge in [0.2, 0.25) is 0 Å². The fourth-order valence-corrected chi connectivity index (χ4v) is 2.96. The van der Waals surface area contributed by atoms with Gasteiger partial charge in [-0.25, -0.2) is 0 Å². The van der Waals surface area contributed by atoms with Crippen LogP contribution in [-0.2, 0) is 6.54 Å². The first-order chi connectivity index (χ1) is 9.36. The average molecular weight is 306 g/mol. The van der Waals surface area contributed by atoms with Gasteiger partial charge in [0.05, 0.1) is 5.92 Å². The van der Waals surface area contributed by atoms with Crippen LogP contribution in [0.5, 0.6) is 0 Å². The topological polar surface area (TPSA) is 12.0 Å². The van der Waals surface area contributed by atoms with Gasteiger partial charge < -0.3 is 5.32 Å². The molecule has 0 saturated heterocycles. The van der Waals surface area contributed by atoms with E-state index >= 15 is 0 Å². The van der Waals surface area contributed by atoms with Crippen LogP contribution in [-0.4, -0.2) is 12.2 Å². The molecule has 0 unspecified atom stereocenters. The summed E-state index contributed by atoms with van der Waals surface area (Å²) in [7, 11) is 0. The summed E-state index contributed by atoms with van der Waals surface area (Å²) in [6.07, 6.45) is -2.37. The third-order valence-corrected chi connectivity index (χ3v) is 4.31. The average Bonchev–Trinajstić information content (AvgIpc) is 2.37. The number of benzene rings is 1. The summed E-state index contributed by atoms with van der Waals surface area (Å²) < 4.78 is 37.7. The summed E-state index contributed by atoms with van der Waals surface area (Å²) in [4.78, 5) is 0. The van der Waals surface area contributed by atoms with Gasteiger partial charge in [-0.15, -0.1) is 0 Å². The molecule has 1 aliphatic rings. The van der Waals surface area contributed by atoms with Crippen molar-refractivity contribution in [3.63, 3.8) is 0 Å². The molecule has 0 radical (unpaired) electrons. The molecule has 0 spiro atoms. The highest BCUT2D eigenvalue weighted by Crippen LogP contribution is 2.37. The molecule has 2 rings (SSSR count). The van der Waals surface area contributed by atoms with Crippen molar-refractivity contribution in [1.29, 1.82) is 0 Å². The molecule has 1 aromatic rings. The highest BCUT2D eigenvalue weighted by atomic mass is 35.5. The second-order valence-corrected chi connectivity index (χ2v) is 5.98. The monoisotopic (exact) mass is 305 g/mol. The largest absolute Gasteiger partial charge is 0.391 e. The number of halogens is 4. The molecular formula is C15H19ClF3N. The Balaban J connectivity index is 1.82. The highest BCUT2D eigenvalue weighted by molar-refractivity contribution is 6.30. The Bertz CT molecular complexity index is 451. The first-order valence-electron chi connectivity index (χ1n) is 6.91. The zero-order valence-corrected chi connectivity index (χ0v) is 12.2. The van der Waals surface area contributed by atoms with Gasteiger partial charge in [0.15, 0.2) is 0 Å². The van der Waals surface area contributed by atoms with E-state index in [4.69, 9.17) is 11.6 Å². The van der Waals surface area contributed by atoms with Gasteiger partial charge in [-0.1, -0.05) is 17.7 Å². The van der Waals surface area contributed by atoms with Gasteiger partial charge in [-0.2, -0.15) is 13.2 Å². The SMILES string of the molecule is Cc1cc(Cl)ccc1CNC1CCC(C(F)(F)F)CC1. The summed E-state index contributed by atoms with van der Waals surface area (Å²) in [6, 6.07) is 5.89. The van der Waals surface area contributed by atoms with Crippen molar-refractivity contribution in [2.75, 3.05) is 0 Å². The summed E-state index contributed by atoms with van der Waals surface area (Å²) in [5, 5.41) is 4.07. The van der Waals surface area contributed by atoms with Crippen molar-refractivity contribution in [2.45, 2.75) is 51.4 Å². The Morgan fingerprint density at radius 2 is 1.85 bits per heavy atom. The van der Waals surface area contributed by atoms with Crippen LogP contribution in [0.4, 0.5) is 13.2 Å². The van der Waals surface area contributed by atoms with Crippen molar-refractivity contribution in [2.24, 2.45) is 5.92 Å². The second kappa shape index (κ2) is 6.35. The fraction of sp³-hybridized carbons (Fsp3) is 0.600. The van der Waals surface area contributed by atoms with E-state index in [1.807, 2.05) is 25.1 Å². The lowest BCUT2D eigenvalue weighted by Crippen LogP contribution is -2.36. The van der Waals surface area contributed by atoms with Crippen molar-refractivity contribution >= 4 is 11.6 Å². The molecule has 20 heavy (non-hydrogen) atoms. The van der Waals surface area contributed by atoms with Crippen LogP contribution in [0.2, 0.25) is 5.02 Å². The van der Waals surface area contributed by atoms with Gasteiger partial charge in [-0.3, -0.25) is 0 Å². The van der Waals surface area contributed by atoms with Crippen LogP contribution in [0.3, 0.4) is 0 Å². The van der Waals surface area contributed by atoms with E-state index in [0.29, 0.717) is 24.4 Å². The van der Waals surface area contributed by atoms with Gasteiger partial charge in [0, 0.05) is 17.6 Å². The van der Waals surface area contributed by atoms with E-state index in [0.717, 1.165) is 11.1 Å². The maximum atomic E-state index is 12.6. The zero-order valence-electron chi connectivity index (χ0n) is 11.4. The minimum atomic E-state index is -4.03.